The zero-order valence-corrected chi connectivity index (χ0v) is 25.5. The molecule has 6 nitrogen and oxygen atoms in total. The van der Waals surface area contributed by atoms with Crippen LogP contribution in [-0.2, 0) is 11.1 Å². The van der Waals surface area contributed by atoms with Crippen molar-refractivity contribution in [2.45, 2.75) is 63.5 Å². The van der Waals surface area contributed by atoms with E-state index >= 15 is 0 Å². The van der Waals surface area contributed by atoms with Gasteiger partial charge in [-0.1, -0.05) is 158 Å². The Hall–Kier alpha value is -4.84. The van der Waals surface area contributed by atoms with Gasteiger partial charge in [-0.05, 0) is 47.9 Å². The van der Waals surface area contributed by atoms with Crippen LogP contribution in [0.25, 0.3) is 0 Å². The fourth-order valence-electron chi connectivity index (χ4n) is 5.80. The van der Waals surface area contributed by atoms with E-state index in [0.717, 1.165) is 72.2 Å². The van der Waals surface area contributed by atoms with Crippen LogP contribution < -0.4 is 0 Å². The van der Waals surface area contributed by atoms with Crippen molar-refractivity contribution in [3.63, 3.8) is 0 Å². The van der Waals surface area contributed by atoms with E-state index in [1.165, 1.54) is 0 Å². The lowest BCUT2D eigenvalue weighted by molar-refractivity contribution is 0.318. The summed E-state index contributed by atoms with van der Waals surface area (Å²) >= 11 is 0. The first-order chi connectivity index (χ1) is 21.6. The molecule has 0 aromatic heterocycles. The lowest BCUT2D eigenvalue weighted by atomic mass is 9.84. The molecule has 4 aromatic carbocycles. The minimum atomic E-state index is -0.474. The molecule has 0 atom stereocenters. The monoisotopic (exact) mass is 584 g/mol. The molecule has 4 aromatic rings. The summed E-state index contributed by atoms with van der Waals surface area (Å²) in [5.74, 6) is 0. The van der Waals surface area contributed by atoms with Crippen molar-refractivity contribution in [2.24, 2.45) is 20.3 Å². The number of unbranched alkanes of at least 4 members (excludes halogenated alkanes) is 2. The maximum absolute atomic E-state index is 9.40. The molecule has 2 aliphatic rings. The summed E-state index contributed by atoms with van der Waals surface area (Å²) in [4.78, 5) is 9.55. The second-order valence-electron chi connectivity index (χ2n) is 11.1. The maximum Gasteiger partial charge on any atom is 0.154 e. The Bertz CT molecular complexity index is 1430. The van der Waals surface area contributed by atoms with Gasteiger partial charge in [0.05, 0.1) is 11.4 Å². The molecule has 0 saturated heterocycles. The molecule has 2 heterocycles. The first-order valence-electron chi connectivity index (χ1n) is 15.5. The molecule has 44 heavy (non-hydrogen) atoms. The van der Waals surface area contributed by atoms with Crippen molar-refractivity contribution >= 4 is 22.8 Å². The van der Waals surface area contributed by atoms with Gasteiger partial charge in [0.15, 0.2) is 11.1 Å². The molecule has 2 N–H and O–H groups in total. The Morgan fingerprint density at radius 2 is 0.773 bits per heavy atom. The summed E-state index contributed by atoms with van der Waals surface area (Å²) in [6, 6.07) is 40.8. The van der Waals surface area contributed by atoms with E-state index in [1.54, 1.807) is 0 Å². The lowest BCUT2D eigenvalue weighted by Crippen LogP contribution is -2.24. The molecular weight excluding hydrogens is 544 g/mol. The van der Waals surface area contributed by atoms with Gasteiger partial charge in [0.1, 0.15) is 11.4 Å². The van der Waals surface area contributed by atoms with Gasteiger partial charge in [-0.25, -0.2) is 0 Å². The second-order valence-corrected chi connectivity index (χ2v) is 11.1. The maximum atomic E-state index is 9.40. The van der Waals surface area contributed by atoms with Crippen molar-refractivity contribution in [3.8, 4) is 0 Å². The highest BCUT2D eigenvalue weighted by Crippen LogP contribution is 2.47. The van der Waals surface area contributed by atoms with Gasteiger partial charge in [-0.3, -0.25) is 9.98 Å². The topological polar surface area (TPSA) is 89.9 Å². The van der Waals surface area contributed by atoms with E-state index < -0.39 is 11.1 Å². The number of benzene rings is 4. The Morgan fingerprint density at radius 3 is 1.00 bits per heavy atom. The Balaban J connectivity index is 0.000000175. The summed E-state index contributed by atoms with van der Waals surface area (Å²) in [5.41, 5.74) is 6.71. The number of aliphatic imine (C=N–C) groups is 2. The number of hydrogen-bond donors (Lipinski definition) is 2. The molecule has 0 radical (unpaired) electrons. The molecule has 6 heteroatoms. The largest absolute Gasteiger partial charge is 0.411 e. The molecule has 0 amide bonds. The molecule has 0 spiro atoms. The van der Waals surface area contributed by atoms with Crippen molar-refractivity contribution in [1.82, 2.24) is 0 Å². The molecular formula is C38H40N4O2. The van der Waals surface area contributed by atoms with E-state index in [9.17, 15) is 10.4 Å². The van der Waals surface area contributed by atoms with Gasteiger partial charge in [-0.2, -0.15) is 0 Å². The Kier molecular flexibility index (Phi) is 9.80. The van der Waals surface area contributed by atoms with Crippen LogP contribution >= 0.6 is 0 Å². The molecule has 6 rings (SSSR count). The third-order valence-electron chi connectivity index (χ3n) is 8.23. The van der Waals surface area contributed by atoms with Crippen LogP contribution in [0.5, 0.6) is 0 Å². The molecule has 0 aliphatic carbocycles. The number of oxime groups is 2. The van der Waals surface area contributed by atoms with Crippen LogP contribution in [-0.4, -0.2) is 33.3 Å². The minimum absolute atomic E-state index is 0.474. The summed E-state index contributed by atoms with van der Waals surface area (Å²) in [6.07, 6.45) is 5.64. The molecule has 0 saturated carbocycles. The van der Waals surface area contributed by atoms with Crippen molar-refractivity contribution < 1.29 is 10.4 Å². The molecule has 0 fully saturated rings. The average Bonchev–Trinajstić information content (AvgIpc) is 4.03. The highest BCUT2D eigenvalue weighted by Gasteiger charge is 2.53. The first kappa shape index (κ1) is 30.6. The van der Waals surface area contributed by atoms with E-state index in [0.29, 0.717) is 11.4 Å². The zero-order chi connectivity index (χ0) is 30.8. The highest BCUT2D eigenvalue weighted by atomic mass is 16.4. The number of rotatable bonds is 12. The van der Waals surface area contributed by atoms with E-state index in [-0.39, 0.29) is 0 Å². The summed E-state index contributed by atoms with van der Waals surface area (Å²) in [7, 11) is 0. The van der Waals surface area contributed by atoms with Crippen molar-refractivity contribution in [1.29, 1.82) is 0 Å². The van der Waals surface area contributed by atoms with Gasteiger partial charge in [-0.15, -0.1) is 0 Å². The van der Waals surface area contributed by atoms with Gasteiger partial charge >= 0.3 is 0 Å². The van der Waals surface area contributed by atoms with Crippen LogP contribution in [0, 0.1) is 0 Å². The van der Waals surface area contributed by atoms with Crippen LogP contribution in [0.4, 0.5) is 0 Å². The predicted octanol–water partition coefficient (Wildman–Crippen LogP) is 8.81. The number of nitrogens with zero attached hydrogens (tertiary/aromatic N) is 4. The molecule has 2 aliphatic heterocycles. The third kappa shape index (κ3) is 6.11. The third-order valence-corrected chi connectivity index (χ3v) is 8.23. The van der Waals surface area contributed by atoms with Gasteiger partial charge in [0, 0.05) is 0 Å². The van der Waals surface area contributed by atoms with E-state index in [4.69, 9.17) is 9.98 Å². The Labute approximate surface area is 260 Å². The lowest BCUT2D eigenvalue weighted by Gasteiger charge is -2.17. The van der Waals surface area contributed by atoms with Gasteiger partial charge < -0.3 is 10.4 Å². The summed E-state index contributed by atoms with van der Waals surface area (Å²) < 4.78 is 0. The molecule has 0 unspecified atom stereocenters. The summed E-state index contributed by atoms with van der Waals surface area (Å²) in [6.45, 7) is 4.26. The fourth-order valence-corrected chi connectivity index (χ4v) is 5.80. The average molecular weight is 585 g/mol. The SMILES string of the molecule is CCCC/C(=N\O)C1=NC1(c1ccccc1)c1ccccc1.CCCC/C(=N\O)C1=NC1(c1ccccc1)c1ccccc1. The quantitative estimate of drug-likeness (QED) is 0.0990. The van der Waals surface area contributed by atoms with Crippen LogP contribution in [0.15, 0.2) is 142 Å². The molecule has 224 valence electrons. The van der Waals surface area contributed by atoms with Gasteiger partial charge in [0.2, 0.25) is 0 Å². The van der Waals surface area contributed by atoms with Crippen molar-refractivity contribution in [2.75, 3.05) is 0 Å². The number of hydrogen-bond acceptors (Lipinski definition) is 6. The minimum Gasteiger partial charge on any atom is -0.411 e. The van der Waals surface area contributed by atoms with Crippen LogP contribution in [0.1, 0.15) is 74.6 Å². The van der Waals surface area contributed by atoms with E-state index in [2.05, 4.69) is 72.7 Å². The first-order valence-corrected chi connectivity index (χ1v) is 15.5. The zero-order valence-electron chi connectivity index (χ0n) is 25.5. The normalized spacial score (nSPS) is 16.2. The Morgan fingerprint density at radius 1 is 0.500 bits per heavy atom. The van der Waals surface area contributed by atoms with Crippen LogP contribution in [0.3, 0.4) is 0 Å². The standard InChI is InChI=1S/2C19H20N2O/c2*1-2-3-14-17(21-22)18-19(20-18,15-10-6-4-7-11-15)16-12-8-5-9-13-16/h2*4-13,22H,2-3,14H2,1H3/b2*21-17+. The smallest absolute Gasteiger partial charge is 0.154 e. The van der Waals surface area contributed by atoms with Crippen LogP contribution in [0.2, 0.25) is 0 Å². The van der Waals surface area contributed by atoms with Gasteiger partial charge in [0.25, 0.3) is 0 Å². The fraction of sp³-hybridized carbons (Fsp3) is 0.263. The molecule has 0 bridgehead atoms. The predicted molar refractivity (Wildman–Crippen MR) is 180 cm³/mol. The highest BCUT2D eigenvalue weighted by molar-refractivity contribution is 6.52. The van der Waals surface area contributed by atoms with Crippen molar-refractivity contribution in [3.05, 3.63) is 144 Å². The van der Waals surface area contributed by atoms with E-state index in [1.807, 2.05) is 72.8 Å². The summed E-state index contributed by atoms with van der Waals surface area (Å²) in [5, 5.41) is 25.8. The second kappa shape index (κ2) is 14.1.